The van der Waals surface area contributed by atoms with Gasteiger partial charge in [-0.15, -0.1) is 0 Å². The Morgan fingerprint density at radius 2 is 1.92 bits per heavy atom. The predicted molar refractivity (Wildman–Crippen MR) is 102 cm³/mol. The maximum atomic E-state index is 13.9. The van der Waals surface area contributed by atoms with Gasteiger partial charge in [0, 0.05) is 16.3 Å². The average molecular weight is 411 g/mol. The number of aliphatic imine (C=N–C) groups is 1. The predicted octanol–water partition coefficient (Wildman–Crippen LogP) is 5.85. The van der Waals surface area contributed by atoms with Crippen LogP contribution < -0.4 is 0 Å². The third-order valence-electron chi connectivity index (χ3n) is 3.82. The zero-order chi connectivity index (χ0) is 18.1. The molecular formula is C20H12BrFN2O2. The van der Waals surface area contributed by atoms with Crippen LogP contribution in [-0.2, 0) is 0 Å². The number of benzene rings is 3. The first kappa shape index (κ1) is 16.5. The van der Waals surface area contributed by atoms with Crippen molar-refractivity contribution in [3.63, 3.8) is 0 Å². The molecule has 0 fully saturated rings. The van der Waals surface area contributed by atoms with Crippen LogP contribution in [-0.4, -0.2) is 16.3 Å². The van der Waals surface area contributed by atoms with Gasteiger partial charge >= 0.3 is 0 Å². The maximum absolute atomic E-state index is 13.9. The second-order valence-corrected chi connectivity index (χ2v) is 6.53. The quantitative estimate of drug-likeness (QED) is 0.430. The average Bonchev–Trinajstić information content (AvgIpc) is 3.06. The van der Waals surface area contributed by atoms with Crippen LogP contribution >= 0.6 is 15.9 Å². The van der Waals surface area contributed by atoms with Crippen molar-refractivity contribution >= 4 is 38.9 Å². The first-order chi connectivity index (χ1) is 12.6. The number of phenols is 1. The van der Waals surface area contributed by atoms with Gasteiger partial charge in [-0.3, -0.25) is 4.99 Å². The molecule has 0 bridgehead atoms. The number of aromatic hydroxyl groups is 1. The lowest BCUT2D eigenvalue weighted by Gasteiger charge is -1.99. The summed E-state index contributed by atoms with van der Waals surface area (Å²) >= 11 is 3.36. The highest BCUT2D eigenvalue weighted by Crippen LogP contribution is 2.29. The van der Waals surface area contributed by atoms with Gasteiger partial charge in [0.05, 0.1) is 11.3 Å². The van der Waals surface area contributed by atoms with Crippen LogP contribution in [0.25, 0.3) is 22.6 Å². The van der Waals surface area contributed by atoms with Crippen LogP contribution in [0, 0.1) is 5.82 Å². The summed E-state index contributed by atoms with van der Waals surface area (Å²) in [6.07, 6.45) is 1.57. The molecule has 0 amide bonds. The summed E-state index contributed by atoms with van der Waals surface area (Å²) < 4.78 is 20.4. The molecule has 4 rings (SSSR count). The minimum absolute atomic E-state index is 0.140. The van der Waals surface area contributed by atoms with Gasteiger partial charge in [0.1, 0.15) is 17.1 Å². The van der Waals surface area contributed by atoms with Gasteiger partial charge in [-0.05, 0) is 48.5 Å². The van der Waals surface area contributed by atoms with Gasteiger partial charge < -0.3 is 9.52 Å². The largest absolute Gasteiger partial charge is 0.507 e. The lowest BCUT2D eigenvalue weighted by molar-refractivity contribution is 0.474. The fourth-order valence-corrected chi connectivity index (χ4v) is 2.90. The number of fused-ring (bicyclic) bond motifs is 1. The van der Waals surface area contributed by atoms with Crippen molar-refractivity contribution in [3.8, 4) is 17.2 Å². The molecule has 0 aliphatic rings. The fourth-order valence-electron chi connectivity index (χ4n) is 2.52. The third-order valence-corrected chi connectivity index (χ3v) is 4.31. The standard InChI is InChI=1S/C20H12BrFN2O2/c21-13-5-7-18(25)12(9-13)11-23-14-6-8-19-17(10-14)24-20(26-19)15-3-1-2-4-16(15)22/h1-11,25H. The number of aromatic nitrogens is 1. The molecule has 4 aromatic rings. The summed E-state index contributed by atoms with van der Waals surface area (Å²) in [7, 11) is 0. The van der Waals surface area contributed by atoms with E-state index < -0.39 is 0 Å². The van der Waals surface area contributed by atoms with Crippen LogP contribution in [0.5, 0.6) is 5.75 Å². The number of oxazole rings is 1. The summed E-state index contributed by atoms with van der Waals surface area (Å²) in [4.78, 5) is 8.72. The zero-order valence-corrected chi connectivity index (χ0v) is 14.9. The smallest absolute Gasteiger partial charge is 0.230 e. The molecule has 3 aromatic carbocycles. The minimum atomic E-state index is -0.387. The zero-order valence-electron chi connectivity index (χ0n) is 13.4. The van der Waals surface area contributed by atoms with Crippen molar-refractivity contribution in [1.29, 1.82) is 0 Å². The molecule has 0 aliphatic heterocycles. The Labute approximate surface area is 156 Å². The van der Waals surface area contributed by atoms with Crippen LogP contribution in [0.1, 0.15) is 5.56 Å². The van der Waals surface area contributed by atoms with E-state index in [0.29, 0.717) is 27.9 Å². The van der Waals surface area contributed by atoms with Crippen LogP contribution in [0.15, 0.2) is 74.5 Å². The molecule has 0 aliphatic carbocycles. The van der Waals surface area contributed by atoms with E-state index >= 15 is 0 Å². The minimum Gasteiger partial charge on any atom is -0.507 e. The Kier molecular flexibility index (Phi) is 4.26. The normalized spacial score (nSPS) is 11.5. The van der Waals surface area contributed by atoms with Gasteiger partial charge in [0.2, 0.25) is 5.89 Å². The van der Waals surface area contributed by atoms with E-state index in [2.05, 4.69) is 25.9 Å². The van der Waals surface area contributed by atoms with Gasteiger partial charge in [-0.2, -0.15) is 0 Å². The number of halogens is 2. The highest BCUT2D eigenvalue weighted by molar-refractivity contribution is 9.10. The number of rotatable bonds is 3. The SMILES string of the molecule is Oc1ccc(Br)cc1C=Nc1ccc2oc(-c3ccccc3F)nc2c1. The van der Waals surface area contributed by atoms with E-state index in [4.69, 9.17) is 4.42 Å². The second-order valence-electron chi connectivity index (χ2n) is 5.61. The lowest BCUT2D eigenvalue weighted by Crippen LogP contribution is -1.82. The van der Waals surface area contributed by atoms with Gasteiger partial charge in [-0.25, -0.2) is 9.37 Å². The molecular weight excluding hydrogens is 399 g/mol. The molecule has 0 spiro atoms. The Morgan fingerprint density at radius 3 is 2.77 bits per heavy atom. The topological polar surface area (TPSA) is 58.6 Å². The summed E-state index contributed by atoms with van der Waals surface area (Å²) in [6, 6.07) is 16.7. The van der Waals surface area contributed by atoms with Crippen LogP contribution in [0.3, 0.4) is 0 Å². The van der Waals surface area contributed by atoms with E-state index in [0.717, 1.165) is 4.47 Å². The molecule has 26 heavy (non-hydrogen) atoms. The third kappa shape index (κ3) is 3.23. The monoisotopic (exact) mass is 410 g/mol. The summed E-state index contributed by atoms with van der Waals surface area (Å²) in [5.74, 6) is -0.0207. The van der Waals surface area contributed by atoms with E-state index in [1.807, 2.05) is 0 Å². The van der Waals surface area contributed by atoms with E-state index in [1.165, 1.54) is 6.07 Å². The molecule has 4 nitrogen and oxygen atoms in total. The van der Waals surface area contributed by atoms with E-state index in [1.54, 1.807) is 60.8 Å². The van der Waals surface area contributed by atoms with E-state index in [9.17, 15) is 9.50 Å². The Hall–Kier alpha value is -2.99. The van der Waals surface area contributed by atoms with Crippen molar-refractivity contribution in [2.45, 2.75) is 0 Å². The second kappa shape index (κ2) is 6.72. The van der Waals surface area contributed by atoms with Crippen LogP contribution in [0.2, 0.25) is 0 Å². The van der Waals surface area contributed by atoms with Crippen molar-refractivity contribution in [1.82, 2.24) is 4.98 Å². The molecule has 0 saturated carbocycles. The fraction of sp³-hybridized carbons (Fsp3) is 0. The van der Waals surface area contributed by atoms with Gasteiger partial charge in [0.25, 0.3) is 0 Å². The van der Waals surface area contributed by atoms with Crippen molar-refractivity contribution in [2.24, 2.45) is 4.99 Å². The number of phenolic OH excluding ortho intramolecular Hbond substituents is 1. The van der Waals surface area contributed by atoms with Gasteiger partial charge in [0.15, 0.2) is 5.58 Å². The van der Waals surface area contributed by atoms with Crippen molar-refractivity contribution < 1.29 is 13.9 Å². The van der Waals surface area contributed by atoms with Crippen molar-refractivity contribution in [3.05, 3.63) is 76.5 Å². The first-order valence-electron chi connectivity index (χ1n) is 7.78. The Bertz CT molecular complexity index is 1140. The summed E-state index contributed by atoms with van der Waals surface area (Å²) in [5, 5.41) is 9.87. The van der Waals surface area contributed by atoms with Crippen LogP contribution in [0.4, 0.5) is 10.1 Å². The number of hydrogen-bond acceptors (Lipinski definition) is 4. The van der Waals surface area contributed by atoms with E-state index in [-0.39, 0.29) is 17.5 Å². The number of nitrogens with zero attached hydrogens (tertiary/aromatic N) is 2. The molecule has 1 N–H and O–H groups in total. The first-order valence-corrected chi connectivity index (χ1v) is 8.57. The molecule has 6 heteroatoms. The molecule has 0 unspecified atom stereocenters. The van der Waals surface area contributed by atoms with Crippen molar-refractivity contribution in [2.75, 3.05) is 0 Å². The summed E-state index contributed by atoms with van der Waals surface area (Å²) in [5.41, 5.74) is 2.67. The molecule has 1 aromatic heterocycles. The Balaban J connectivity index is 1.69. The van der Waals surface area contributed by atoms with Gasteiger partial charge in [-0.1, -0.05) is 28.1 Å². The molecule has 0 atom stereocenters. The highest BCUT2D eigenvalue weighted by atomic mass is 79.9. The highest BCUT2D eigenvalue weighted by Gasteiger charge is 2.12. The lowest BCUT2D eigenvalue weighted by atomic mass is 10.2. The Morgan fingerprint density at radius 1 is 1.08 bits per heavy atom. The molecule has 1 heterocycles. The maximum Gasteiger partial charge on any atom is 0.230 e. The molecule has 128 valence electrons. The summed E-state index contributed by atoms with van der Waals surface area (Å²) in [6.45, 7) is 0. The number of hydrogen-bond donors (Lipinski definition) is 1. The molecule has 0 radical (unpaired) electrons. The molecule has 0 saturated heterocycles.